The smallest absolute Gasteiger partial charge is 0.309 e. The van der Waals surface area contributed by atoms with Crippen molar-refractivity contribution in [3.63, 3.8) is 0 Å². The van der Waals surface area contributed by atoms with Crippen LogP contribution in [0.4, 0.5) is 0 Å². The highest BCUT2D eigenvalue weighted by molar-refractivity contribution is 5.91. The normalized spacial score (nSPS) is 47.5. The summed E-state index contributed by atoms with van der Waals surface area (Å²) < 4.78 is 10.6. The zero-order valence-corrected chi connectivity index (χ0v) is 17.7. The third kappa shape index (κ3) is 2.83. The van der Waals surface area contributed by atoms with Crippen LogP contribution in [0.25, 0.3) is 0 Å². The first-order valence-corrected chi connectivity index (χ1v) is 11.0. The lowest BCUT2D eigenvalue weighted by Gasteiger charge is -2.60. The van der Waals surface area contributed by atoms with Crippen LogP contribution in [0, 0.1) is 40.4 Å². The van der Waals surface area contributed by atoms with Crippen LogP contribution in [0.2, 0.25) is 0 Å². The molecule has 0 bridgehead atoms. The maximum absolute atomic E-state index is 13.1. The van der Waals surface area contributed by atoms with Crippen molar-refractivity contribution >= 4 is 17.7 Å². The van der Waals surface area contributed by atoms with Gasteiger partial charge in [0, 0.05) is 19.3 Å². The van der Waals surface area contributed by atoms with Crippen molar-refractivity contribution in [1.29, 1.82) is 0 Å². The van der Waals surface area contributed by atoms with E-state index < -0.39 is 0 Å². The molecule has 0 spiro atoms. The lowest BCUT2D eigenvalue weighted by Crippen LogP contribution is -2.55. The van der Waals surface area contributed by atoms with Crippen molar-refractivity contribution in [2.24, 2.45) is 40.4 Å². The number of rotatable bonds is 2. The Kier molecular flexibility index (Phi) is 4.86. The molecule has 5 nitrogen and oxygen atoms in total. The highest BCUT2D eigenvalue weighted by atomic mass is 16.5. The van der Waals surface area contributed by atoms with E-state index in [1.54, 1.807) is 0 Å². The molecule has 0 amide bonds. The van der Waals surface area contributed by atoms with Crippen molar-refractivity contribution in [1.82, 2.24) is 0 Å². The Hall–Kier alpha value is -1.39. The molecule has 0 aromatic heterocycles. The van der Waals surface area contributed by atoms with Crippen molar-refractivity contribution in [2.75, 3.05) is 7.11 Å². The van der Waals surface area contributed by atoms with Crippen LogP contribution in [0.3, 0.4) is 0 Å². The minimum atomic E-state index is -0.277. The van der Waals surface area contributed by atoms with E-state index in [9.17, 15) is 14.4 Å². The molecule has 0 radical (unpaired) electrons. The number of methoxy groups -OCH3 is 1. The van der Waals surface area contributed by atoms with E-state index in [0.717, 1.165) is 44.9 Å². The molecular formula is C23H34O5. The van der Waals surface area contributed by atoms with Gasteiger partial charge in [-0.25, -0.2) is 0 Å². The van der Waals surface area contributed by atoms with Crippen molar-refractivity contribution < 1.29 is 23.9 Å². The summed E-state index contributed by atoms with van der Waals surface area (Å²) >= 11 is 0. The molecule has 5 heteroatoms. The molecule has 28 heavy (non-hydrogen) atoms. The van der Waals surface area contributed by atoms with Crippen molar-refractivity contribution in [3.05, 3.63) is 0 Å². The fourth-order valence-corrected chi connectivity index (χ4v) is 7.85. The van der Waals surface area contributed by atoms with Gasteiger partial charge >= 0.3 is 11.9 Å². The Balaban J connectivity index is 1.57. The largest absolute Gasteiger partial charge is 0.469 e. The van der Waals surface area contributed by atoms with Crippen LogP contribution >= 0.6 is 0 Å². The molecule has 156 valence electrons. The van der Waals surface area contributed by atoms with E-state index in [1.807, 2.05) is 0 Å². The van der Waals surface area contributed by atoms with Gasteiger partial charge in [0.1, 0.15) is 11.9 Å². The van der Waals surface area contributed by atoms with Crippen LogP contribution in [0.1, 0.15) is 72.1 Å². The van der Waals surface area contributed by atoms with Gasteiger partial charge < -0.3 is 9.47 Å². The van der Waals surface area contributed by atoms with Crippen molar-refractivity contribution in [3.8, 4) is 0 Å². The molecular weight excluding hydrogens is 356 g/mol. The first-order valence-electron chi connectivity index (χ1n) is 11.0. The van der Waals surface area contributed by atoms with Crippen LogP contribution < -0.4 is 0 Å². The van der Waals surface area contributed by atoms with Crippen LogP contribution in [0.5, 0.6) is 0 Å². The molecule has 0 saturated heterocycles. The molecule has 4 saturated carbocycles. The lowest BCUT2D eigenvalue weighted by atomic mass is 9.44. The van der Waals surface area contributed by atoms with Gasteiger partial charge in [0.2, 0.25) is 0 Å². The second-order valence-electron chi connectivity index (χ2n) is 10.3. The highest BCUT2D eigenvalue weighted by Crippen LogP contribution is 2.66. The molecule has 4 aliphatic rings. The molecule has 4 rings (SSSR count). The standard InChI is InChI=1S/C23H34O5/c1-13(24)28-15-7-9-22(2)14(11-15)5-6-16-17(22)8-10-23(3)18(21(26)27-4)12-19(25)20(16)23/h14-18,20H,5-12H2,1-4H3/t14-,15-,16-,17+,18-,20-,22-,23-/m0/s1. The van der Waals surface area contributed by atoms with E-state index >= 15 is 0 Å². The van der Waals surface area contributed by atoms with Crippen molar-refractivity contribution in [2.45, 2.75) is 78.2 Å². The fraction of sp³-hybridized carbons (Fsp3) is 0.870. The number of hydrogen-bond acceptors (Lipinski definition) is 5. The Morgan fingerprint density at radius 1 is 1.04 bits per heavy atom. The summed E-state index contributed by atoms with van der Waals surface area (Å²) in [6.07, 6.45) is 7.52. The van der Waals surface area contributed by atoms with Gasteiger partial charge in [-0.15, -0.1) is 0 Å². The van der Waals surface area contributed by atoms with Crippen LogP contribution in [-0.4, -0.2) is 30.9 Å². The Labute approximate surface area is 167 Å². The second-order valence-corrected chi connectivity index (χ2v) is 10.3. The predicted molar refractivity (Wildman–Crippen MR) is 103 cm³/mol. The molecule has 0 aliphatic heterocycles. The highest BCUT2D eigenvalue weighted by Gasteiger charge is 2.64. The number of Topliss-reactive ketones (excluding diaryl/α,β-unsaturated/α-hetero) is 1. The Bertz CT molecular complexity index is 686. The molecule has 0 heterocycles. The fourth-order valence-electron chi connectivity index (χ4n) is 7.85. The van der Waals surface area contributed by atoms with E-state index in [-0.39, 0.29) is 46.5 Å². The monoisotopic (exact) mass is 390 g/mol. The number of ether oxygens (including phenoxy) is 2. The minimum Gasteiger partial charge on any atom is -0.469 e. The quantitative estimate of drug-likeness (QED) is 0.668. The summed E-state index contributed by atoms with van der Waals surface area (Å²) in [5.74, 6) is 1.09. The summed E-state index contributed by atoms with van der Waals surface area (Å²) in [6.45, 7) is 6.07. The van der Waals surface area contributed by atoms with Gasteiger partial charge in [-0.1, -0.05) is 13.8 Å². The van der Waals surface area contributed by atoms with E-state index in [2.05, 4.69) is 13.8 Å². The van der Waals surface area contributed by atoms with Gasteiger partial charge in [0.15, 0.2) is 0 Å². The summed E-state index contributed by atoms with van der Waals surface area (Å²) in [7, 11) is 1.43. The van der Waals surface area contributed by atoms with Gasteiger partial charge in [-0.2, -0.15) is 0 Å². The SMILES string of the molecule is COC(=O)[C@@H]1CC(=O)[C@@H]2[C@H]3CC[C@H]4C[C@@H](OC(C)=O)CC[C@]4(C)[C@@H]3CC[C@]21C. The third-order valence-corrected chi connectivity index (χ3v) is 9.20. The summed E-state index contributed by atoms with van der Waals surface area (Å²) in [6, 6.07) is 0. The number of carbonyl (C=O) groups is 3. The zero-order chi connectivity index (χ0) is 20.3. The average Bonchev–Trinajstić information content (AvgIpc) is 2.92. The van der Waals surface area contributed by atoms with Gasteiger partial charge in [-0.05, 0) is 73.5 Å². The summed E-state index contributed by atoms with van der Waals surface area (Å²) in [5.41, 5.74) is -0.0337. The van der Waals surface area contributed by atoms with Gasteiger partial charge in [0.05, 0.1) is 13.0 Å². The maximum atomic E-state index is 13.1. The minimum absolute atomic E-state index is 0.000631. The number of esters is 2. The van der Waals surface area contributed by atoms with E-state index in [0.29, 0.717) is 24.2 Å². The topological polar surface area (TPSA) is 69.7 Å². The molecule has 4 fully saturated rings. The number of ketones is 1. The number of fused-ring (bicyclic) bond motifs is 5. The van der Waals surface area contributed by atoms with Gasteiger partial charge in [0.25, 0.3) is 0 Å². The number of hydrogen-bond donors (Lipinski definition) is 0. The second kappa shape index (κ2) is 6.84. The van der Waals surface area contributed by atoms with E-state index in [4.69, 9.17) is 9.47 Å². The molecule has 0 N–H and O–H groups in total. The Morgan fingerprint density at radius 2 is 1.75 bits per heavy atom. The predicted octanol–water partition coefficient (Wildman–Crippen LogP) is 3.93. The summed E-state index contributed by atoms with van der Waals surface area (Å²) in [4.78, 5) is 36.8. The first-order chi connectivity index (χ1) is 13.2. The maximum Gasteiger partial charge on any atom is 0.309 e. The molecule has 0 aromatic carbocycles. The van der Waals surface area contributed by atoms with Gasteiger partial charge in [-0.3, -0.25) is 14.4 Å². The zero-order valence-electron chi connectivity index (χ0n) is 17.7. The summed E-state index contributed by atoms with van der Waals surface area (Å²) in [5, 5.41) is 0. The molecule has 8 atom stereocenters. The average molecular weight is 391 g/mol. The van der Waals surface area contributed by atoms with Crippen LogP contribution in [-0.2, 0) is 23.9 Å². The first kappa shape index (κ1) is 19.9. The number of carbonyl (C=O) groups excluding carboxylic acids is 3. The van der Waals surface area contributed by atoms with E-state index in [1.165, 1.54) is 14.0 Å². The lowest BCUT2D eigenvalue weighted by molar-refractivity contribution is -0.166. The molecule has 0 unspecified atom stereocenters. The molecule has 0 aromatic rings. The third-order valence-electron chi connectivity index (χ3n) is 9.20. The Morgan fingerprint density at radius 3 is 2.43 bits per heavy atom. The molecule has 4 aliphatic carbocycles. The van der Waals surface area contributed by atoms with Crippen LogP contribution in [0.15, 0.2) is 0 Å².